The van der Waals surface area contributed by atoms with Gasteiger partial charge in [-0.2, -0.15) is 0 Å². The molecule has 1 aliphatic heterocycles. The summed E-state index contributed by atoms with van der Waals surface area (Å²) in [6, 6.07) is 0. The first-order valence-electron chi connectivity index (χ1n) is 5.93. The summed E-state index contributed by atoms with van der Waals surface area (Å²) in [6.07, 6.45) is 1.65. The molecule has 1 aliphatic rings. The van der Waals surface area contributed by atoms with Crippen molar-refractivity contribution >= 4 is 6.09 Å². The molecule has 1 atom stereocenters. The van der Waals surface area contributed by atoms with Gasteiger partial charge in [-0.1, -0.05) is 20.8 Å². The fourth-order valence-electron chi connectivity index (χ4n) is 2.01. The van der Waals surface area contributed by atoms with Gasteiger partial charge >= 0.3 is 6.09 Å². The third kappa shape index (κ3) is 3.11. The SMILES string of the molecule is CC(C)(C)CN1C(=O)OCC1(C)CCCN. The Bertz CT molecular complexity index is 260. The van der Waals surface area contributed by atoms with Crippen LogP contribution in [0.4, 0.5) is 4.79 Å². The van der Waals surface area contributed by atoms with E-state index in [9.17, 15) is 4.79 Å². The lowest BCUT2D eigenvalue weighted by Gasteiger charge is -2.36. The first-order valence-corrected chi connectivity index (χ1v) is 5.93. The van der Waals surface area contributed by atoms with Crippen molar-refractivity contribution in [1.29, 1.82) is 0 Å². The minimum atomic E-state index is -0.186. The van der Waals surface area contributed by atoms with E-state index in [1.54, 1.807) is 0 Å². The van der Waals surface area contributed by atoms with Crippen LogP contribution in [0.5, 0.6) is 0 Å². The van der Waals surface area contributed by atoms with Crippen molar-refractivity contribution in [2.75, 3.05) is 19.7 Å². The molecule has 4 nitrogen and oxygen atoms in total. The Morgan fingerprint density at radius 2 is 2.12 bits per heavy atom. The summed E-state index contributed by atoms with van der Waals surface area (Å²) in [5.41, 5.74) is 5.44. The van der Waals surface area contributed by atoms with Crippen molar-refractivity contribution in [3.05, 3.63) is 0 Å². The topological polar surface area (TPSA) is 55.6 Å². The Morgan fingerprint density at radius 1 is 1.50 bits per heavy atom. The van der Waals surface area contributed by atoms with Crippen molar-refractivity contribution in [3.8, 4) is 0 Å². The Kier molecular flexibility index (Phi) is 3.84. The summed E-state index contributed by atoms with van der Waals surface area (Å²) in [5, 5.41) is 0. The van der Waals surface area contributed by atoms with E-state index in [-0.39, 0.29) is 17.0 Å². The van der Waals surface area contributed by atoms with Crippen LogP contribution in [0.3, 0.4) is 0 Å². The molecule has 94 valence electrons. The fraction of sp³-hybridized carbons (Fsp3) is 0.917. The molecule has 0 aromatic rings. The lowest BCUT2D eigenvalue weighted by atomic mass is 9.90. The zero-order valence-electron chi connectivity index (χ0n) is 10.9. The van der Waals surface area contributed by atoms with Crippen molar-refractivity contribution in [2.45, 2.75) is 46.1 Å². The molecule has 16 heavy (non-hydrogen) atoms. The van der Waals surface area contributed by atoms with Gasteiger partial charge in [0.1, 0.15) is 6.61 Å². The second-order valence-corrected chi connectivity index (χ2v) is 6.09. The number of nitrogens with two attached hydrogens (primary N) is 1. The zero-order valence-corrected chi connectivity index (χ0v) is 10.9. The second-order valence-electron chi connectivity index (χ2n) is 6.09. The van der Waals surface area contributed by atoms with E-state index in [0.717, 1.165) is 19.4 Å². The van der Waals surface area contributed by atoms with Crippen LogP contribution in [0.2, 0.25) is 0 Å². The van der Waals surface area contributed by atoms with Crippen LogP contribution in [0.15, 0.2) is 0 Å². The van der Waals surface area contributed by atoms with Crippen LogP contribution in [-0.4, -0.2) is 36.2 Å². The smallest absolute Gasteiger partial charge is 0.410 e. The van der Waals surface area contributed by atoms with Crippen molar-refractivity contribution in [3.63, 3.8) is 0 Å². The van der Waals surface area contributed by atoms with Crippen molar-refractivity contribution in [2.24, 2.45) is 11.1 Å². The number of cyclic esters (lactones) is 1. The van der Waals surface area contributed by atoms with E-state index in [4.69, 9.17) is 10.5 Å². The molecule has 1 fully saturated rings. The van der Waals surface area contributed by atoms with E-state index in [2.05, 4.69) is 27.7 Å². The van der Waals surface area contributed by atoms with Crippen LogP contribution >= 0.6 is 0 Å². The highest BCUT2D eigenvalue weighted by atomic mass is 16.6. The molecule has 1 heterocycles. The number of ether oxygens (including phenoxy) is 1. The van der Waals surface area contributed by atoms with Gasteiger partial charge < -0.3 is 10.5 Å². The van der Waals surface area contributed by atoms with E-state index in [1.807, 2.05) is 4.90 Å². The molecular formula is C12H24N2O2. The first-order chi connectivity index (χ1) is 7.28. The van der Waals surface area contributed by atoms with Gasteiger partial charge in [0.2, 0.25) is 0 Å². The second kappa shape index (κ2) is 4.62. The number of hydrogen-bond donors (Lipinski definition) is 1. The number of carbonyl (C=O) groups excluding carboxylic acids is 1. The Hall–Kier alpha value is -0.770. The summed E-state index contributed by atoms with van der Waals surface area (Å²) in [5.74, 6) is 0. The van der Waals surface area contributed by atoms with E-state index in [0.29, 0.717) is 13.2 Å². The molecule has 1 unspecified atom stereocenters. The van der Waals surface area contributed by atoms with Crippen LogP contribution in [-0.2, 0) is 4.74 Å². The number of carbonyl (C=O) groups is 1. The lowest BCUT2D eigenvalue weighted by Crippen LogP contribution is -2.48. The van der Waals surface area contributed by atoms with Gasteiger partial charge in [-0.25, -0.2) is 4.79 Å². The summed E-state index contributed by atoms with van der Waals surface area (Å²) in [7, 11) is 0. The Labute approximate surface area is 98.1 Å². The third-order valence-electron chi connectivity index (χ3n) is 2.93. The largest absolute Gasteiger partial charge is 0.447 e. The molecule has 0 bridgehead atoms. The lowest BCUT2D eigenvalue weighted by molar-refractivity contribution is 0.122. The van der Waals surface area contributed by atoms with E-state index >= 15 is 0 Å². The molecule has 1 rings (SSSR count). The van der Waals surface area contributed by atoms with Gasteiger partial charge in [-0.15, -0.1) is 0 Å². The molecule has 0 aliphatic carbocycles. The zero-order chi connectivity index (χ0) is 12.4. The highest BCUT2D eigenvalue weighted by Crippen LogP contribution is 2.31. The van der Waals surface area contributed by atoms with Crippen molar-refractivity contribution < 1.29 is 9.53 Å². The van der Waals surface area contributed by atoms with E-state index in [1.165, 1.54) is 0 Å². The maximum Gasteiger partial charge on any atom is 0.410 e. The highest BCUT2D eigenvalue weighted by molar-refractivity contribution is 5.71. The van der Waals surface area contributed by atoms with Gasteiger partial charge in [0.15, 0.2) is 0 Å². The molecule has 2 N–H and O–H groups in total. The molecule has 0 aromatic heterocycles. The molecule has 0 spiro atoms. The standard InChI is InChI=1S/C12H24N2O2/c1-11(2,3)8-14-10(15)16-9-12(14,4)6-5-7-13/h5-9,13H2,1-4H3. The average Bonchev–Trinajstić information content (AvgIpc) is 2.42. The molecule has 1 amide bonds. The number of rotatable bonds is 4. The maximum atomic E-state index is 11.7. The minimum absolute atomic E-state index is 0.0906. The number of nitrogens with zero attached hydrogens (tertiary/aromatic N) is 1. The maximum absolute atomic E-state index is 11.7. The molecular weight excluding hydrogens is 204 g/mol. The summed E-state index contributed by atoms with van der Waals surface area (Å²) in [6.45, 7) is 10.3. The van der Waals surface area contributed by atoms with Gasteiger partial charge in [0.25, 0.3) is 0 Å². The predicted octanol–water partition coefficient (Wildman–Crippen LogP) is 1.98. The van der Waals surface area contributed by atoms with Crippen LogP contribution in [0.1, 0.15) is 40.5 Å². The summed E-state index contributed by atoms with van der Waals surface area (Å²) in [4.78, 5) is 13.6. The monoisotopic (exact) mass is 228 g/mol. The molecule has 0 radical (unpaired) electrons. The fourth-order valence-corrected chi connectivity index (χ4v) is 2.01. The van der Waals surface area contributed by atoms with Gasteiger partial charge in [-0.05, 0) is 31.7 Å². The third-order valence-corrected chi connectivity index (χ3v) is 2.93. The summed E-state index contributed by atoms with van der Waals surface area (Å²) < 4.78 is 5.17. The normalized spacial score (nSPS) is 26.1. The van der Waals surface area contributed by atoms with Gasteiger partial charge in [-0.3, -0.25) is 4.90 Å². The van der Waals surface area contributed by atoms with Gasteiger partial charge in [0, 0.05) is 6.54 Å². The highest BCUT2D eigenvalue weighted by Gasteiger charge is 2.44. The number of hydrogen-bond acceptors (Lipinski definition) is 3. The molecule has 0 aromatic carbocycles. The predicted molar refractivity (Wildman–Crippen MR) is 64.2 cm³/mol. The first kappa shape index (κ1) is 13.3. The van der Waals surface area contributed by atoms with Crippen LogP contribution in [0, 0.1) is 5.41 Å². The Morgan fingerprint density at radius 3 is 2.62 bits per heavy atom. The van der Waals surface area contributed by atoms with Crippen molar-refractivity contribution in [1.82, 2.24) is 4.90 Å². The van der Waals surface area contributed by atoms with Crippen LogP contribution < -0.4 is 5.73 Å². The number of amides is 1. The quantitative estimate of drug-likeness (QED) is 0.800. The molecule has 0 saturated carbocycles. The van der Waals surface area contributed by atoms with E-state index < -0.39 is 0 Å². The minimum Gasteiger partial charge on any atom is -0.447 e. The van der Waals surface area contributed by atoms with Gasteiger partial charge in [0.05, 0.1) is 5.54 Å². The Balaban J connectivity index is 2.72. The molecule has 4 heteroatoms. The average molecular weight is 228 g/mol. The summed E-state index contributed by atoms with van der Waals surface area (Å²) >= 11 is 0. The molecule has 1 saturated heterocycles. The van der Waals surface area contributed by atoms with Crippen LogP contribution in [0.25, 0.3) is 0 Å².